The Morgan fingerprint density at radius 3 is 2.52 bits per heavy atom. The van der Waals surface area contributed by atoms with Crippen LogP contribution in [0.25, 0.3) is 11.0 Å². The van der Waals surface area contributed by atoms with Crippen molar-refractivity contribution in [1.29, 1.82) is 0 Å². The molecule has 0 saturated heterocycles. The van der Waals surface area contributed by atoms with Crippen molar-refractivity contribution in [2.45, 2.75) is 42.2 Å². The number of anilines is 1. The Balaban J connectivity index is 1.62. The SMILES string of the molecule is C[C@H]1[C@H](Nc2noc3c(Cl)cccc23)c2cc(S(=O)(=O)c3ccccc3)ccc2OC1(C)C. The van der Waals surface area contributed by atoms with Crippen molar-refractivity contribution in [2.75, 3.05) is 5.32 Å². The van der Waals surface area contributed by atoms with Gasteiger partial charge in [-0.3, -0.25) is 0 Å². The normalized spacial score (nSPS) is 19.6. The summed E-state index contributed by atoms with van der Waals surface area (Å²) in [6.07, 6.45) is 0. The molecule has 2 atom stereocenters. The van der Waals surface area contributed by atoms with Crippen molar-refractivity contribution >= 4 is 38.2 Å². The maximum Gasteiger partial charge on any atom is 0.206 e. The smallest absolute Gasteiger partial charge is 0.206 e. The van der Waals surface area contributed by atoms with Crippen LogP contribution in [0.3, 0.4) is 0 Å². The van der Waals surface area contributed by atoms with E-state index in [9.17, 15) is 8.42 Å². The van der Waals surface area contributed by atoms with Gasteiger partial charge < -0.3 is 14.6 Å². The van der Waals surface area contributed by atoms with Gasteiger partial charge in [-0.2, -0.15) is 0 Å². The van der Waals surface area contributed by atoms with Crippen LogP contribution in [0.5, 0.6) is 5.75 Å². The highest BCUT2D eigenvalue weighted by Gasteiger charge is 2.42. The van der Waals surface area contributed by atoms with Gasteiger partial charge in [0.2, 0.25) is 9.84 Å². The molecule has 0 saturated carbocycles. The first-order valence-corrected chi connectivity index (χ1v) is 12.5. The van der Waals surface area contributed by atoms with Crippen LogP contribution in [0.1, 0.15) is 32.4 Å². The summed E-state index contributed by atoms with van der Waals surface area (Å²) in [5.41, 5.74) is 0.750. The van der Waals surface area contributed by atoms with Gasteiger partial charge in [-0.1, -0.05) is 47.9 Å². The van der Waals surface area contributed by atoms with Gasteiger partial charge in [-0.05, 0) is 56.3 Å². The first-order valence-electron chi connectivity index (χ1n) is 10.6. The van der Waals surface area contributed by atoms with Crippen LogP contribution < -0.4 is 10.1 Å². The molecular weight excluding hydrogens is 460 g/mol. The molecule has 170 valence electrons. The van der Waals surface area contributed by atoms with Gasteiger partial charge in [0.25, 0.3) is 0 Å². The van der Waals surface area contributed by atoms with Gasteiger partial charge in [0.15, 0.2) is 11.4 Å². The molecule has 6 nitrogen and oxygen atoms in total. The molecule has 0 aliphatic carbocycles. The van der Waals surface area contributed by atoms with Gasteiger partial charge in [-0.25, -0.2) is 8.42 Å². The molecule has 0 unspecified atom stereocenters. The van der Waals surface area contributed by atoms with E-state index in [1.807, 2.05) is 26.0 Å². The molecule has 0 bridgehead atoms. The molecule has 1 N–H and O–H groups in total. The predicted octanol–water partition coefficient (Wildman–Crippen LogP) is 6.27. The third-order valence-electron chi connectivity index (χ3n) is 6.39. The second kappa shape index (κ2) is 7.78. The fourth-order valence-corrected chi connectivity index (χ4v) is 5.72. The molecule has 0 amide bonds. The van der Waals surface area contributed by atoms with Crippen molar-refractivity contribution in [3.63, 3.8) is 0 Å². The van der Waals surface area contributed by atoms with E-state index >= 15 is 0 Å². The minimum absolute atomic E-state index is 0.0226. The number of halogens is 1. The van der Waals surface area contributed by atoms with Gasteiger partial charge in [0.05, 0.1) is 26.2 Å². The third-order valence-corrected chi connectivity index (χ3v) is 8.46. The molecule has 5 rings (SSSR count). The predicted molar refractivity (Wildman–Crippen MR) is 128 cm³/mol. The van der Waals surface area contributed by atoms with E-state index in [2.05, 4.69) is 17.4 Å². The Labute approximate surface area is 197 Å². The maximum absolute atomic E-state index is 13.3. The van der Waals surface area contributed by atoms with Gasteiger partial charge in [0.1, 0.15) is 11.4 Å². The lowest BCUT2D eigenvalue weighted by Crippen LogP contribution is -2.45. The lowest BCUT2D eigenvalue weighted by molar-refractivity contribution is 0.0236. The summed E-state index contributed by atoms with van der Waals surface area (Å²) >= 11 is 6.25. The van der Waals surface area contributed by atoms with E-state index in [1.165, 1.54) is 0 Å². The Hall–Kier alpha value is -3.03. The van der Waals surface area contributed by atoms with Crippen LogP contribution in [0.4, 0.5) is 5.82 Å². The zero-order valence-electron chi connectivity index (χ0n) is 18.4. The van der Waals surface area contributed by atoms with Crippen LogP contribution in [-0.2, 0) is 9.84 Å². The zero-order valence-corrected chi connectivity index (χ0v) is 19.9. The number of hydrogen-bond acceptors (Lipinski definition) is 6. The molecule has 0 fully saturated rings. The van der Waals surface area contributed by atoms with Crippen LogP contribution >= 0.6 is 11.6 Å². The molecule has 4 aromatic rings. The van der Waals surface area contributed by atoms with Crippen LogP contribution in [0.2, 0.25) is 5.02 Å². The lowest BCUT2D eigenvalue weighted by atomic mass is 9.79. The first kappa shape index (κ1) is 21.8. The molecule has 1 aliphatic rings. The number of nitrogens with one attached hydrogen (secondary N) is 1. The third kappa shape index (κ3) is 3.65. The summed E-state index contributed by atoms with van der Waals surface area (Å²) in [5, 5.41) is 8.90. The highest BCUT2D eigenvalue weighted by molar-refractivity contribution is 7.91. The van der Waals surface area contributed by atoms with Crippen molar-refractivity contribution in [1.82, 2.24) is 5.16 Å². The number of fused-ring (bicyclic) bond motifs is 2. The molecule has 0 spiro atoms. The van der Waals surface area contributed by atoms with Crippen LogP contribution in [-0.4, -0.2) is 19.2 Å². The summed E-state index contributed by atoms with van der Waals surface area (Å²) in [6, 6.07) is 18.6. The number of ether oxygens (including phenoxy) is 1. The second-order valence-electron chi connectivity index (χ2n) is 8.78. The molecule has 33 heavy (non-hydrogen) atoms. The average molecular weight is 483 g/mol. The van der Waals surface area contributed by atoms with Gasteiger partial charge in [-0.15, -0.1) is 0 Å². The highest BCUT2D eigenvalue weighted by atomic mass is 35.5. The van der Waals surface area contributed by atoms with E-state index in [0.717, 1.165) is 10.9 Å². The number of sulfone groups is 1. The summed E-state index contributed by atoms with van der Waals surface area (Å²) in [7, 11) is -3.68. The molecular formula is C25H23ClN2O4S. The lowest BCUT2D eigenvalue weighted by Gasteiger charge is -2.43. The standard InChI is InChI=1S/C25H23ClN2O4S/c1-15-22(27-24-18-10-7-11-20(26)23(18)32-28-24)19-14-17(12-13-21(19)31-25(15,2)3)33(29,30)16-8-5-4-6-9-16/h4-15,22H,1-3H3,(H,27,28)/t15-,22-/m0/s1. The van der Waals surface area contributed by atoms with E-state index in [1.54, 1.807) is 54.6 Å². The number of nitrogens with zero attached hydrogens (tertiary/aromatic N) is 1. The maximum atomic E-state index is 13.3. The molecule has 1 aliphatic heterocycles. The fraction of sp³-hybridized carbons (Fsp3) is 0.240. The Kier molecular flexibility index (Phi) is 5.14. The van der Waals surface area contributed by atoms with E-state index in [4.69, 9.17) is 20.9 Å². The van der Waals surface area contributed by atoms with Crippen LogP contribution in [0, 0.1) is 5.92 Å². The number of para-hydroxylation sites is 1. The molecule has 3 aromatic carbocycles. The summed E-state index contributed by atoms with van der Waals surface area (Å²) < 4.78 is 38.2. The van der Waals surface area contributed by atoms with Crippen molar-refractivity contribution in [3.8, 4) is 5.75 Å². The van der Waals surface area contributed by atoms with Gasteiger partial charge >= 0.3 is 0 Å². The summed E-state index contributed by atoms with van der Waals surface area (Å²) in [4.78, 5) is 0.458. The molecule has 8 heteroatoms. The molecule has 0 radical (unpaired) electrons. The largest absolute Gasteiger partial charge is 0.487 e. The van der Waals surface area contributed by atoms with Crippen LogP contribution in [0.15, 0.2) is 81.0 Å². The van der Waals surface area contributed by atoms with Crippen molar-refractivity contribution in [3.05, 3.63) is 77.3 Å². The fourth-order valence-electron chi connectivity index (χ4n) is 4.20. The van der Waals surface area contributed by atoms with Crippen molar-refractivity contribution in [2.24, 2.45) is 5.92 Å². The Morgan fingerprint density at radius 2 is 1.76 bits per heavy atom. The quantitative estimate of drug-likeness (QED) is 0.369. The number of hydrogen-bond donors (Lipinski definition) is 1. The molecule has 2 heterocycles. The van der Waals surface area contributed by atoms with E-state index < -0.39 is 15.4 Å². The first-order chi connectivity index (χ1) is 15.7. The molecule has 1 aromatic heterocycles. The second-order valence-corrected chi connectivity index (χ2v) is 11.1. The van der Waals surface area contributed by atoms with E-state index in [-0.39, 0.29) is 21.8 Å². The van der Waals surface area contributed by atoms with Gasteiger partial charge in [0, 0.05) is 11.5 Å². The average Bonchev–Trinajstić information content (AvgIpc) is 3.21. The van der Waals surface area contributed by atoms with Crippen molar-refractivity contribution < 1.29 is 17.7 Å². The number of benzene rings is 3. The number of rotatable bonds is 4. The van der Waals surface area contributed by atoms with E-state index in [0.29, 0.717) is 22.2 Å². The highest BCUT2D eigenvalue weighted by Crippen LogP contribution is 2.46. The topological polar surface area (TPSA) is 81.4 Å². The Morgan fingerprint density at radius 1 is 1.00 bits per heavy atom. The number of aromatic nitrogens is 1. The summed E-state index contributed by atoms with van der Waals surface area (Å²) in [5.74, 6) is 1.16. The minimum Gasteiger partial charge on any atom is -0.487 e. The zero-order chi connectivity index (χ0) is 23.4. The summed E-state index contributed by atoms with van der Waals surface area (Å²) in [6.45, 7) is 6.09. The Bertz CT molecular complexity index is 1450. The minimum atomic E-state index is -3.68. The monoisotopic (exact) mass is 482 g/mol.